The summed E-state index contributed by atoms with van der Waals surface area (Å²) in [5, 5.41) is 0. The average molecular weight is 460 g/mol. The lowest BCUT2D eigenvalue weighted by molar-refractivity contribution is 0.0654. The Kier molecular flexibility index (Phi) is 6.89. The molecule has 6 nitrogen and oxygen atoms in total. The van der Waals surface area contributed by atoms with Crippen molar-refractivity contribution in [1.82, 2.24) is 4.90 Å². The Morgan fingerprint density at radius 1 is 1.12 bits per heavy atom. The number of hydrogen-bond donors (Lipinski definition) is 0. The zero-order valence-electron chi connectivity index (χ0n) is 19.8. The van der Waals surface area contributed by atoms with Crippen LogP contribution in [0.5, 0.6) is 11.5 Å². The summed E-state index contributed by atoms with van der Waals surface area (Å²) in [6.07, 6.45) is 2.73. The minimum absolute atomic E-state index is 0.108. The van der Waals surface area contributed by atoms with Gasteiger partial charge >= 0.3 is 0 Å². The summed E-state index contributed by atoms with van der Waals surface area (Å²) in [5.41, 5.74) is 2.37. The molecule has 1 amide bonds. The first-order chi connectivity index (χ1) is 15.0. The van der Waals surface area contributed by atoms with Crippen LogP contribution in [0.3, 0.4) is 0 Å². The topological polar surface area (TPSA) is 72.9 Å². The van der Waals surface area contributed by atoms with E-state index in [0.717, 1.165) is 30.4 Å². The molecule has 1 heterocycles. The number of carbonyl (C=O) groups excluding carboxylic acids is 1. The number of hydrogen-bond acceptors (Lipinski definition) is 5. The maximum Gasteiger partial charge on any atom is 0.257 e. The summed E-state index contributed by atoms with van der Waals surface area (Å²) >= 11 is 0. The van der Waals surface area contributed by atoms with Gasteiger partial charge in [-0.1, -0.05) is 19.9 Å². The molecule has 0 atom stereocenters. The highest BCUT2D eigenvalue weighted by molar-refractivity contribution is 7.90. The third kappa shape index (κ3) is 4.63. The molecule has 1 aliphatic heterocycles. The summed E-state index contributed by atoms with van der Waals surface area (Å²) in [4.78, 5) is 15.7. The van der Waals surface area contributed by atoms with Crippen molar-refractivity contribution < 1.29 is 22.7 Å². The average Bonchev–Trinajstić information content (AvgIpc) is 2.76. The first kappa shape index (κ1) is 24.1. The van der Waals surface area contributed by atoms with Crippen LogP contribution >= 0.6 is 0 Å². The Morgan fingerprint density at radius 3 is 2.38 bits per heavy atom. The van der Waals surface area contributed by atoms with Gasteiger partial charge < -0.3 is 14.4 Å². The second kappa shape index (κ2) is 9.14. The smallest absolute Gasteiger partial charge is 0.257 e. The minimum Gasteiger partial charge on any atom is -0.497 e. The van der Waals surface area contributed by atoms with E-state index in [1.165, 1.54) is 17.7 Å². The number of benzene rings is 2. The van der Waals surface area contributed by atoms with Gasteiger partial charge in [-0.15, -0.1) is 0 Å². The summed E-state index contributed by atoms with van der Waals surface area (Å²) < 4.78 is 35.6. The normalized spacial score (nSPS) is 15.4. The highest BCUT2D eigenvalue weighted by Gasteiger charge is 2.39. The molecule has 0 spiro atoms. The van der Waals surface area contributed by atoms with Gasteiger partial charge in [0.05, 0.1) is 23.7 Å². The van der Waals surface area contributed by atoms with Gasteiger partial charge in [0.2, 0.25) is 0 Å². The summed E-state index contributed by atoms with van der Waals surface area (Å²) in [6, 6.07) is 10.5. The second-order valence-electron chi connectivity index (χ2n) is 8.77. The molecule has 0 N–H and O–H groups in total. The van der Waals surface area contributed by atoms with Crippen molar-refractivity contribution in [1.29, 1.82) is 0 Å². The van der Waals surface area contributed by atoms with E-state index in [1.807, 2.05) is 30.9 Å². The number of nitrogens with zero attached hydrogens (tertiary/aromatic N) is 1. The van der Waals surface area contributed by atoms with E-state index in [9.17, 15) is 13.2 Å². The number of methoxy groups -OCH3 is 1. The molecule has 0 unspecified atom stereocenters. The fraction of sp³-hybridized carbons (Fsp3) is 0.480. The van der Waals surface area contributed by atoms with Gasteiger partial charge in [-0.25, -0.2) is 8.42 Å². The van der Waals surface area contributed by atoms with Crippen LogP contribution in [-0.2, 0) is 21.8 Å². The standard InChI is InChI=1S/C25H33NO5S/c1-7-25(8-2)16-26(15-18-9-10-19(30-5)13-22(18)25)24(27)21-14-20(32(6,28)29)11-12-23(21)31-17(3)4/h9-14,17H,7-8,15-16H2,1-6H3. The second-order valence-corrected chi connectivity index (χ2v) is 10.8. The largest absolute Gasteiger partial charge is 0.497 e. The zero-order chi connectivity index (χ0) is 23.7. The van der Waals surface area contributed by atoms with E-state index >= 15 is 0 Å². The van der Waals surface area contributed by atoms with E-state index in [-0.39, 0.29) is 27.9 Å². The van der Waals surface area contributed by atoms with Crippen molar-refractivity contribution in [3.8, 4) is 11.5 Å². The zero-order valence-corrected chi connectivity index (χ0v) is 20.6. The Morgan fingerprint density at radius 2 is 1.81 bits per heavy atom. The van der Waals surface area contributed by atoms with E-state index in [0.29, 0.717) is 18.8 Å². The van der Waals surface area contributed by atoms with Gasteiger partial charge in [-0.2, -0.15) is 0 Å². The first-order valence-electron chi connectivity index (χ1n) is 11.0. The fourth-order valence-electron chi connectivity index (χ4n) is 4.46. The van der Waals surface area contributed by atoms with E-state index < -0.39 is 9.84 Å². The molecule has 0 aromatic heterocycles. The molecule has 0 aliphatic carbocycles. The number of fused-ring (bicyclic) bond motifs is 1. The lowest BCUT2D eigenvalue weighted by Crippen LogP contribution is -2.47. The lowest BCUT2D eigenvalue weighted by atomic mass is 9.71. The quantitative estimate of drug-likeness (QED) is 0.605. The Hall–Kier alpha value is -2.54. The molecule has 0 radical (unpaired) electrons. The molecule has 2 aromatic carbocycles. The number of sulfone groups is 1. The number of ether oxygens (including phenoxy) is 2. The molecule has 0 fully saturated rings. The molecule has 32 heavy (non-hydrogen) atoms. The fourth-order valence-corrected chi connectivity index (χ4v) is 5.11. The predicted octanol–water partition coefficient (Wildman–Crippen LogP) is 4.60. The summed E-state index contributed by atoms with van der Waals surface area (Å²) in [5.74, 6) is 0.985. The number of amides is 1. The Balaban J connectivity index is 2.09. The van der Waals surface area contributed by atoms with Gasteiger partial charge in [0.15, 0.2) is 9.84 Å². The molecule has 7 heteroatoms. The Labute approximate surface area is 191 Å². The van der Waals surface area contributed by atoms with Gasteiger partial charge in [0, 0.05) is 24.8 Å². The van der Waals surface area contributed by atoms with Crippen LogP contribution in [0.25, 0.3) is 0 Å². The molecule has 0 saturated carbocycles. The maximum atomic E-state index is 13.8. The van der Waals surface area contributed by atoms with Gasteiger partial charge in [0.1, 0.15) is 11.5 Å². The van der Waals surface area contributed by atoms with Crippen LogP contribution in [0.1, 0.15) is 62.0 Å². The van der Waals surface area contributed by atoms with Gasteiger partial charge in [0.25, 0.3) is 5.91 Å². The van der Waals surface area contributed by atoms with Crippen LogP contribution in [0.15, 0.2) is 41.3 Å². The molecular formula is C25H33NO5S. The van der Waals surface area contributed by atoms with Crippen molar-refractivity contribution in [2.24, 2.45) is 0 Å². The lowest BCUT2D eigenvalue weighted by Gasteiger charge is -2.44. The molecule has 0 saturated heterocycles. The van der Waals surface area contributed by atoms with E-state index in [1.54, 1.807) is 13.2 Å². The maximum absolute atomic E-state index is 13.8. The van der Waals surface area contributed by atoms with Crippen molar-refractivity contribution in [2.45, 2.75) is 63.5 Å². The van der Waals surface area contributed by atoms with E-state index in [4.69, 9.17) is 9.47 Å². The van der Waals surface area contributed by atoms with Gasteiger partial charge in [-0.05, 0) is 68.1 Å². The molecule has 1 aliphatic rings. The van der Waals surface area contributed by atoms with Gasteiger partial charge in [-0.3, -0.25) is 4.79 Å². The highest BCUT2D eigenvalue weighted by Crippen LogP contribution is 2.41. The van der Waals surface area contributed by atoms with Crippen LogP contribution in [0.2, 0.25) is 0 Å². The third-order valence-corrected chi connectivity index (χ3v) is 7.47. The number of rotatable bonds is 7. The highest BCUT2D eigenvalue weighted by atomic mass is 32.2. The molecule has 3 rings (SSSR count). The monoisotopic (exact) mass is 459 g/mol. The van der Waals surface area contributed by atoms with E-state index in [2.05, 4.69) is 19.9 Å². The van der Waals surface area contributed by atoms with Crippen molar-refractivity contribution in [2.75, 3.05) is 19.9 Å². The van der Waals surface area contributed by atoms with Crippen molar-refractivity contribution in [3.63, 3.8) is 0 Å². The molecule has 174 valence electrons. The van der Waals surface area contributed by atoms with Crippen molar-refractivity contribution >= 4 is 15.7 Å². The molecule has 0 bridgehead atoms. The third-order valence-electron chi connectivity index (χ3n) is 6.36. The molecule has 2 aromatic rings. The minimum atomic E-state index is -3.46. The molecular weight excluding hydrogens is 426 g/mol. The van der Waals surface area contributed by atoms with Crippen molar-refractivity contribution in [3.05, 3.63) is 53.1 Å². The Bertz CT molecular complexity index is 1100. The van der Waals surface area contributed by atoms with Crippen LogP contribution in [-0.4, -0.2) is 45.2 Å². The first-order valence-corrected chi connectivity index (χ1v) is 12.9. The predicted molar refractivity (Wildman–Crippen MR) is 125 cm³/mol. The summed E-state index contributed by atoms with van der Waals surface area (Å²) in [7, 11) is -1.81. The number of carbonyl (C=O) groups is 1. The van der Waals surface area contributed by atoms with Crippen LogP contribution in [0, 0.1) is 0 Å². The summed E-state index contributed by atoms with van der Waals surface area (Å²) in [6.45, 7) is 9.02. The SMILES string of the molecule is CCC1(CC)CN(C(=O)c2cc(S(C)(=O)=O)ccc2OC(C)C)Cc2ccc(OC)cc21. The van der Waals surface area contributed by atoms with Crippen LogP contribution < -0.4 is 9.47 Å². The van der Waals surface area contributed by atoms with Crippen LogP contribution in [0.4, 0.5) is 0 Å².